The summed E-state index contributed by atoms with van der Waals surface area (Å²) < 4.78 is 15.0. The number of aliphatic hydroxyl groups is 1. The molecular formula is C27H34FN5O2. The molecule has 0 spiro atoms. The smallest absolute Gasteiger partial charge is 0.231 e. The molecule has 1 aliphatic carbocycles. The highest BCUT2D eigenvalue weighted by Crippen LogP contribution is 2.35. The molecule has 3 atom stereocenters. The number of carbonyl (C=O) groups is 1. The molecule has 3 aromatic rings. The summed E-state index contributed by atoms with van der Waals surface area (Å²) in [5.74, 6) is -0.598. The number of carbonyl (C=O) groups excluding carboxylic acids is 1. The van der Waals surface area contributed by atoms with Crippen molar-refractivity contribution in [3.63, 3.8) is 0 Å². The number of rotatable bonds is 7. The van der Waals surface area contributed by atoms with E-state index in [-0.39, 0.29) is 12.3 Å². The van der Waals surface area contributed by atoms with Gasteiger partial charge in [0.1, 0.15) is 17.5 Å². The molecule has 4 rings (SSSR count). The third-order valence-electron chi connectivity index (χ3n) is 5.96. The van der Waals surface area contributed by atoms with Gasteiger partial charge in [0, 0.05) is 48.2 Å². The van der Waals surface area contributed by atoms with Crippen LogP contribution < -0.4 is 10.8 Å². The summed E-state index contributed by atoms with van der Waals surface area (Å²) in [4.78, 5) is 25.5. The predicted molar refractivity (Wildman–Crippen MR) is 138 cm³/mol. The number of fused-ring (bicyclic) bond motifs is 1. The lowest BCUT2D eigenvalue weighted by atomic mass is 10.00. The third-order valence-corrected chi connectivity index (χ3v) is 5.96. The monoisotopic (exact) mass is 479 g/mol. The Bertz CT molecular complexity index is 1300. The van der Waals surface area contributed by atoms with Gasteiger partial charge in [-0.3, -0.25) is 14.8 Å². The Morgan fingerprint density at radius 1 is 1.31 bits per heavy atom. The number of aliphatic hydroxyl groups excluding tert-OH is 1. The topological polar surface area (TPSA) is 92.4 Å². The van der Waals surface area contributed by atoms with Gasteiger partial charge in [0.05, 0.1) is 23.2 Å². The Hall–Kier alpha value is -3.39. The Labute approximate surface area is 205 Å². The second-order valence-electron chi connectivity index (χ2n) is 8.36. The zero-order valence-corrected chi connectivity index (χ0v) is 21.0. The Balaban J connectivity index is 0.00000167. The Kier molecular flexibility index (Phi) is 8.51. The minimum absolute atomic E-state index is 0.260. The molecule has 0 aromatic carbocycles. The summed E-state index contributed by atoms with van der Waals surface area (Å²) in [6.45, 7) is 11.9. The number of amides is 1. The molecule has 7 nitrogen and oxygen atoms in total. The fraction of sp³-hybridized carbons (Fsp3) is 0.407. The van der Waals surface area contributed by atoms with E-state index in [9.17, 15) is 14.3 Å². The first kappa shape index (κ1) is 26.2. The molecule has 2 N–H and O–H groups in total. The average Bonchev–Trinajstić information content (AvgIpc) is 3.60. The van der Waals surface area contributed by atoms with Crippen LogP contribution in [0.5, 0.6) is 0 Å². The van der Waals surface area contributed by atoms with Gasteiger partial charge >= 0.3 is 0 Å². The first-order valence-electron chi connectivity index (χ1n) is 12.1. The van der Waals surface area contributed by atoms with Gasteiger partial charge < -0.3 is 15.0 Å². The summed E-state index contributed by atoms with van der Waals surface area (Å²) in [6.07, 6.45) is 5.21. The van der Waals surface area contributed by atoms with Gasteiger partial charge in [-0.15, -0.1) is 0 Å². The molecule has 186 valence electrons. The third kappa shape index (κ3) is 5.48. The summed E-state index contributed by atoms with van der Waals surface area (Å²) in [5.41, 5.74) is 4.78. The molecule has 3 aromatic heterocycles. The van der Waals surface area contributed by atoms with Crippen LogP contribution in [0.1, 0.15) is 57.4 Å². The number of aromatic nitrogens is 3. The first-order chi connectivity index (χ1) is 16.9. The van der Waals surface area contributed by atoms with Gasteiger partial charge in [-0.25, -0.2) is 9.37 Å². The zero-order valence-electron chi connectivity index (χ0n) is 21.0. The van der Waals surface area contributed by atoms with E-state index in [2.05, 4.69) is 26.9 Å². The van der Waals surface area contributed by atoms with E-state index in [1.165, 1.54) is 0 Å². The lowest BCUT2D eigenvalue weighted by Gasteiger charge is -2.16. The van der Waals surface area contributed by atoms with Crippen LogP contribution in [0.4, 0.5) is 10.2 Å². The van der Waals surface area contributed by atoms with Crippen LogP contribution in [0.3, 0.4) is 0 Å². The molecule has 3 heterocycles. The van der Waals surface area contributed by atoms with E-state index in [1.54, 1.807) is 31.7 Å². The Morgan fingerprint density at radius 2 is 2.03 bits per heavy atom. The van der Waals surface area contributed by atoms with E-state index in [0.717, 1.165) is 34.0 Å². The van der Waals surface area contributed by atoms with Crippen LogP contribution >= 0.6 is 0 Å². The number of hydrogen-bond donors (Lipinski definition) is 2. The minimum atomic E-state index is -1.07. The van der Waals surface area contributed by atoms with E-state index in [1.807, 2.05) is 44.4 Å². The molecule has 1 fully saturated rings. The van der Waals surface area contributed by atoms with Crippen LogP contribution in [0.2, 0.25) is 0 Å². The molecule has 0 bridgehead atoms. The highest BCUT2D eigenvalue weighted by molar-refractivity contribution is 5.96. The number of alkyl halides is 1. The molecule has 0 aliphatic heterocycles. The summed E-state index contributed by atoms with van der Waals surface area (Å²) >= 11 is 0. The predicted octanol–water partition coefficient (Wildman–Crippen LogP) is 5.19. The standard InChI is InChI=1S/C25H28FN5O2.C2H6/c1-5-7-22(32)20-8-14(3)18(13-28-20)16-9-15-12-29-23(30-25(33)17-10-19(17)26)11-21(15)31(6-2)24(16)27-4;1-2/h6,8-9,11-13,17,19,22,32H,2,5,7,10H2,1,3-4H3,(H,29,30,33);1-2H3. The number of nitrogens with one attached hydrogen (secondary N) is 1. The van der Waals surface area contributed by atoms with Crippen molar-refractivity contribution in [3.05, 3.63) is 53.9 Å². The first-order valence-corrected chi connectivity index (χ1v) is 12.1. The van der Waals surface area contributed by atoms with Crippen molar-refractivity contribution in [1.82, 2.24) is 14.5 Å². The van der Waals surface area contributed by atoms with Crippen molar-refractivity contribution in [2.45, 2.75) is 59.2 Å². The maximum absolute atomic E-state index is 13.2. The molecule has 3 unspecified atom stereocenters. The highest BCUT2D eigenvalue weighted by Gasteiger charge is 2.43. The van der Waals surface area contributed by atoms with Gasteiger partial charge in [-0.1, -0.05) is 33.8 Å². The number of halogens is 1. The fourth-order valence-electron chi connectivity index (χ4n) is 4.04. The normalized spacial score (nSPS) is 18.0. The minimum Gasteiger partial charge on any atom is -0.387 e. The van der Waals surface area contributed by atoms with Crippen molar-refractivity contribution in [1.29, 1.82) is 0 Å². The maximum atomic E-state index is 13.2. The van der Waals surface area contributed by atoms with Crippen LogP contribution in [-0.2, 0) is 4.79 Å². The summed E-state index contributed by atoms with van der Waals surface area (Å²) in [7, 11) is 1.70. The zero-order chi connectivity index (χ0) is 25.7. The van der Waals surface area contributed by atoms with Crippen molar-refractivity contribution in [2.75, 3.05) is 12.4 Å². The lowest BCUT2D eigenvalue weighted by Crippen LogP contribution is -2.21. The largest absolute Gasteiger partial charge is 0.387 e. The molecular weight excluding hydrogens is 445 g/mol. The van der Waals surface area contributed by atoms with E-state index < -0.39 is 18.2 Å². The summed E-state index contributed by atoms with van der Waals surface area (Å²) in [6, 6.07) is 5.61. The van der Waals surface area contributed by atoms with Crippen LogP contribution in [-0.4, -0.2) is 38.8 Å². The fourth-order valence-corrected chi connectivity index (χ4v) is 4.04. The van der Waals surface area contributed by atoms with Gasteiger partial charge in [0.25, 0.3) is 0 Å². The molecule has 35 heavy (non-hydrogen) atoms. The number of hydrogen-bond acceptors (Lipinski definition) is 5. The van der Waals surface area contributed by atoms with E-state index >= 15 is 0 Å². The van der Waals surface area contributed by atoms with E-state index in [0.29, 0.717) is 23.4 Å². The summed E-state index contributed by atoms with van der Waals surface area (Å²) in [5, 5.41) is 13.8. The molecule has 1 aliphatic rings. The number of anilines is 1. The second-order valence-corrected chi connectivity index (χ2v) is 8.36. The van der Waals surface area contributed by atoms with Crippen molar-refractivity contribution in [2.24, 2.45) is 10.9 Å². The maximum Gasteiger partial charge on any atom is 0.231 e. The van der Waals surface area contributed by atoms with Gasteiger partial charge in [0.15, 0.2) is 0 Å². The SMILES string of the molecule is C=Cn1c(=NC)c(-c2cnc(C(O)CCC)cc2C)cc2cnc(NC(=O)C3CC3F)cc21.CC. The van der Waals surface area contributed by atoms with Gasteiger partial charge in [0.2, 0.25) is 5.91 Å². The molecule has 8 heteroatoms. The molecule has 1 amide bonds. The molecule has 0 saturated heterocycles. The van der Waals surface area contributed by atoms with Crippen molar-refractivity contribution >= 4 is 28.8 Å². The Morgan fingerprint density at radius 3 is 2.60 bits per heavy atom. The van der Waals surface area contributed by atoms with Crippen molar-refractivity contribution < 1.29 is 14.3 Å². The van der Waals surface area contributed by atoms with Crippen LogP contribution in [0.15, 0.2) is 42.2 Å². The van der Waals surface area contributed by atoms with Crippen molar-refractivity contribution in [3.8, 4) is 11.1 Å². The van der Waals surface area contributed by atoms with Crippen LogP contribution in [0, 0.1) is 12.8 Å². The average molecular weight is 480 g/mol. The highest BCUT2D eigenvalue weighted by atomic mass is 19.1. The lowest BCUT2D eigenvalue weighted by molar-refractivity contribution is -0.117. The number of pyridine rings is 3. The number of nitrogens with zero attached hydrogens (tertiary/aromatic N) is 4. The quantitative estimate of drug-likeness (QED) is 0.488. The second kappa shape index (κ2) is 11.4. The van der Waals surface area contributed by atoms with Crippen LogP contribution in [0.25, 0.3) is 28.2 Å². The van der Waals surface area contributed by atoms with Gasteiger partial charge in [-0.2, -0.15) is 0 Å². The molecule has 1 saturated carbocycles. The number of aryl methyl sites for hydroxylation is 1. The van der Waals surface area contributed by atoms with E-state index in [4.69, 9.17) is 0 Å². The molecule has 0 radical (unpaired) electrons. The van der Waals surface area contributed by atoms with Gasteiger partial charge in [-0.05, 0) is 37.5 Å².